The Labute approximate surface area is 232 Å². The van der Waals surface area contributed by atoms with E-state index in [2.05, 4.69) is 6.92 Å². The molecule has 3 rings (SSSR count). The zero-order chi connectivity index (χ0) is 29.4. The fraction of sp³-hybridized carbons (Fsp3) is 1.00. The van der Waals surface area contributed by atoms with E-state index < -0.39 is 106 Å². The first-order valence-corrected chi connectivity index (χ1v) is 14.0. The summed E-state index contributed by atoms with van der Waals surface area (Å²) in [5.41, 5.74) is 0. The highest BCUT2D eigenvalue weighted by Crippen LogP contribution is 2.33. The van der Waals surface area contributed by atoms with Crippen LogP contribution in [0.4, 0.5) is 0 Å². The Kier molecular flexibility index (Phi) is 13.8. The first kappa shape index (κ1) is 33.9. The van der Waals surface area contributed by atoms with Gasteiger partial charge >= 0.3 is 0 Å². The van der Waals surface area contributed by atoms with Crippen LogP contribution in [-0.2, 0) is 28.4 Å². The van der Waals surface area contributed by atoms with Crippen LogP contribution in [0.15, 0.2) is 0 Å². The van der Waals surface area contributed by atoms with E-state index in [1.165, 1.54) is 0 Å². The Morgan fingerprint density at radius 3 is 1.60 bits per heavy atom. The molecule has 0 amide bonds. The topological polar surface area (TPSA) is 237 Å². The van der Waals surface area contributed by atoms with E-state index >= 15 is 0 Å². The minimum Gasteiger partial charge on any atom is -0.394 e. The highest BCUT2D eigenvalue weighted by atomic mass is 16.8. The molecule has 3 saturated heterocycles. The summed E-state index contributed by atoms with van der Waals surface area (Å²) in [6.45, 7) is 0.413. The third-order valence-corrected chi connectivity index (χ3v) is 7.51. The monoisotopic (exact) mass is 586 g/mol. The van der Waals surface area contributed by atoms with E-state index in [1.807, 2.05) is 0 Å². The van der Waals surface area contributed by atoms with E-state index in [4.69, 9.17) is 28.4 Å². The van der Waals surface area contributed by atoms with Crippen molar-refractivity contribution in [3.63, 3.8) is 0 Å². The zero-order valence-electron chi connectivity index (χ0n) is 22.6. The van der Waals surface area contributed by atoms with Gasteiger partial charge < -0.3 is 74.4 Å². The zero-order valence-corrected chi connectivity index (χ0v) is 22.6. The van der Waals surface area contributed by atoms with Crippen LogP contribution in [0.2, 0.25) is 0 Å². The molecule has 3 heterocycles. The molecule has 40 heavy (non-hydrogen) atoms. The van der Waals surface area contributed by atoms with Crippen molar-refractivity contribution in [3.05, 3.63) is 0 Å². The van der Waals surface area contributed by atoms with Crippen LogP contribution in [0.5, 0.6) is 0 Å². The van der Waals surface area contributed by atoms with Gasteiger partial charge in [-0.3, -0.25) is 0 Å². The molecule has 0 aromatic rings. The third-order valence-electron chi connectivity index (χ3n) is 7.51. The van der Waals surface area contributed by atoms with Crippen LogP contribution >= 0.6 is 0 Å². The average Bonchev–Trinajstić information content (AvgIpc) is 3.25. The highest BCUT2D eigenvalue weighted by molar-refractivity contribution is 4.95. The van der Waals surface area contributed by atoms with Crippen LogP contribution in [0.3, 0.4) is 0 Å². The molecular weight excluding hydrogens is 540 g/mol. The van der Waals surface area contributed by atoms with Gasteiger partial charge in [-0.1, -0.05) is 39.0 Å². The molecule has 14 atom stereocenters. The minimum absolute atomic E-state index is 0.276. The minimum atomic E-state index is -1.83. The van der Waals surface area contributed by atoms with Crippen molar-refractivity contribution in [1.29, 1.82) is 0 Å². The summed E-state index contributed by atoms with van der Waals surface area (Å²) in [6.07, 6.45) is -15.1. The Hall–Kier alpha value is -0.600. The molecule has 0 radical (unpaired) electrons. The summed E-state index contributed by atoms with van der Waals surface area (Å²) in [6, 6.07) is 0. The van der Waals surface area contributed by atoms with Crippen LogP contribution in [0.25, 0.3) is 0 Å². The van der Waals surface area contributed by atoms with Gasteiger partial charge in [0.2, 0.25) is 0 Å². The fourth-order valence-corrected chi connectivity index (χ4v) is 5.01. The van der Waals surface area contributed by atoms with Gasteiger partial charge in [0.1, 0.15) is 67.1 Å². The van der Waals surface area contributed by atoms with Gasteiger partial charge in [0.05, 0.1) is 19.8 Å². The van der Waals surface area contributed by atoms with Crippen LogP contribution in [-0.4, -0.2) is 158 Å². The molecule has 0 aliphatic carbocycles. The number of aliphatic hydroxyl groups is 9. The van der Waals surface area contributed by atoms with Gasteiger partial charge in [-0.25, -0.2) is 0 Å². The Balaban J connectivity index is 1.72. The van der Waals surface area contributed by atoms with E-state index in [0.717, 1.165) is 38.5 Å². The Bertz CT molecular complexity index is 716. The first-order chi connectivity index (χ1) is 19.2. The number of rotatable bonds is 15. The summed E-state index contributed by atoms with van der Waals surface area (Å²) in [5.74, 6) is 0. The van der Waals surface area contributed by atoms with Crippen molar-refractivity contribution in [2.75, 3.05) is 26.4 Å². The van der Waals surface area contributed by atoms with Crippen LogP contribution in [0.1, 0.15) is 45.4 Å². The molecule has 0 unspecified atom stereocenters. The van der Waals surface area contributed by atoms with Gasteiger partial charge in [0.15, 0.2) is 18.9 Å². The molecule has 3 aliphatic rings. The van der Waals surface area contributed by atoms with Crippen molar-refractivity contribution in [2.24, 2.45) is 0 Å². The van der Waals surface area contributed by atoms with Crippen molar-refractivity contribution in [3.8, 4) is 0 Å². The smallest absolute Gasteiger partial charge is 0.187 e. The van der Waals surface area contributed by atoms with Crippen molar-refractivity contribution in [2.45, 2.75) is 131 Å². The third kappa shape index (κ3) is 8.06. The van der Waals surface area contributed by atoms with Crippen molar-refractivity contribution >= 4 is 0 Å². The number of hydrogen-bond acceptors (Lipinski definition) is 15. The lowest BCUT2D eigenvalue weighted by atomic mass is 9.97. The summed E-state index contributed by atoms with van der Waals surface area (Å²) in [7, 11) is 0. The van der Waals surface area contributed by atoms with Gasteiger partial charge in [0.25, 0.3) is 0 Å². The predicted octanol–water partition coefficient (Wildman–Crippen LogP) is -3.55. The number of ether oxygens (including phenoxy) is 6. The van der Waals surface area contributed by atoms with Crippen molar-refractivity contribution in [1.82, 2.24) is 0 Å². The molecule has 3 aliphatic heterocycles. The standard InChI is InChI=1S/C25H46O15/c1-2-3-4-5-6-7-8-35-24-21(17(31)14(11-28)37-24)40-25-22(19(33)16(30)13(10-27)38-25)39-23-20(34)18(32)15(29)12(9-26)36-23/h12-34H,2-11H2,1H3/t12-,13-,14-,15-,16-,17-,18+,19+,20+,21+,22+,23-,24+,25-/m1/s1. The maximum Gasteiger partial charge on any atom is 0.187 e. The maximum atomic E-state index is 10.8. The number of hydrogen-bond donors (Lipinski definition) is 9. The second-order valence-electron chi connectivity index (χ2n) is 10.5. The molecule has 0 spiro atoms. The molecule has 3 fully saturated rings. The van der Waals surface area contributed by atoms with Crippen molar-refractivity contribution < 1.29 is 74.4 Å². The predicted molar refractivity (Wildman–Crippen MR) is 132 cm³/mol. The molecule has 236 valence electrons. The summed E-state index contributed by atoms with van der Waals surface area (Å²) >= 11 is 0. The molecule has 0 saturated carbocycles. The second-order valence-corrected chi connectivity index (χ2v) is 10.5. The quantitative estimate of drug-likeness (QED) is 0.0845. The maximum absolute atomic E-state index is 10.8. The summed E-state index contributed by atoms with van der Waals surface area (Å²) in [5, 5.41) is 91.4. The van der Waals surface area contributed by atoms with Crippen LogP contribution < -0.4 is 0 Å². The molecule has 15 heteroatoms. The molecular formula is C25H46O15. The largest absolute Gasteiger partial charge is 0.394 e. The SMILES string of the molecule is CCCCCCCCO[C@H]1O[C@H](CO)[C@@H](O)[C@@H]1O[C@H]1O[C@H](CO)[C@@H](O)[C@H](O)[C@@H]1O[C@H]1O[C@H](CO)[C@@H](O)[C@H](O)[C@@H]1O. The lowest BCUT2D eigenvalue weighted by Crippen LogP contribution is -2.65. The fourth-order valence-electron chi connectivity index (χ4n) is 5.01. The summed E-state index contributed by atoms with van der Waals surface area (Å²) < 4.78 is 34.0. The van der Waals surface area contributed by atoms with E-state index in [9.17, 15) is 46.0 Å². The normalized spacial score (nSPS) is 44.2. The highest BCUT2D eigenvalue weighted by Gasteiger charge is 2.54. The van der Waals surface area contributed by atoms with Gasteiger partial charge in [-0.15, -0.1) is 0 Å². The molecule has 15 nitrogen and oxygen atoms in total. The Morgan fingerprint density at radius 1 is 0.500 bits per heavy atom. The lowest BCUT2D eigenvalue weighted by Gasteiger charge is -2.46. The number of unbranched alkanes of at least 4 members (excludes halogenated alkanes) is 5. The first-order valence-electron chi connectivity index (χ1n) is 14.0. The van der Waals surface area contributed by atoms with E-state index in [1.54, 1.807) is 0 Å². The average molecular weight is 587 g/mol. The number of aliphatic hydroxyl groups excluding tert-OH is 9. The van der Waals surface area contributed by atoms with Gasteiger partial charge in [-0.05, 0) is 6.42 Å². The molecule has 0 bridgehead atoms. The van der Waals surface area contributed by atoms with E-state index in [-0.39, 0.29) is 6.61 Å². The molecule has 9 N–H and O–H groups in total. The Morgan fingerprint density at radius 2 is 0.975 bits per heavy atom. The summed E-state index contributed by atoms with van der Waals surface area (Å²) in [4.78, 5) is 0. The second kappa shape index (κ2) is 16.3. The van der Waals surface area contributed by atoms with Gasteiger partial charge in [-0.2, -0.15) is 0 Å². The van der Waals surface area contributed by atoms with Gasteiger partial charge in [0, 0.05) is 6.61 Å². The van der Waals surface area contributed by atoms with E-state index in [0.29, 0.717) is 0 Å². The molecule has 0 aromatic heterocycles. The lowest BCUT2D eigenvalue weighted by molar-refractivity contribution is -0.377. The van der Waals surface area contributed by atoms with Crippen LogP contribution in [0, 0.1) is 0 Å². The molecule has 0 aromatic carbocycles.